The number of pyridine rings is 1. The Labute approximate surface area is 157 Å². The average molecular weight is 363 g/mol. The zero-order valence-corrected chi connectivity index (χ0v) is 15.2. The number of nitrogens with two attached hydrogens (primary N) is 1. The minimum atomic E-state index is -1.20. The van der Waals surface area contributed by atoms with Gasteiger partial charge in [0.25, 0.3) is 5.91 Å². The average Bonchev–Trinajstić information content (AvgIpc) is 3.32. The van der Waals surface area contributed by atoms with Crippen LogP contribution in [-0.2, 0) is 12.8 Å². The van der Waals surface area contributed by atoms with E-state index >= 15 is 0 Å². The summed E-state index contributed by atoms with van der Waals surface area (Å²) in [4.78, 5) is 18.0. The molecule has 7 heteroatoms. The zero-order chi connectivity index (χ0) is 19.2. The van der Waals surface area contributed by atoms with Crippen LogP contribution in [0.2, 0.25) is 0 Å². The Kier molecular flexibility index (Phi) is 4.01. The summed E-state index contributed by atoms with van der Waals surface area (Å²) in [5.41, 5.74) is 7.80. The number of likely N-dealkylation sites (tertiary alicyclic amines) is 1. The molecule has 7 nitrogen and oxygen atoms in total. The number of aliphatic hydroxyl groups is 1. The van der Waals surface area contributed by atoms with Gasteiger partial charge in [-0.05, 0) is 31.4 Å². The van der Waals surface area contributed by atoms with E-state index in [1.165, 1.54) is 0 Å². The van der Waals surface area contributed by atoms with Gasteiger partial charge in [-0.15, -0.1) is 0 Å². The van der Waals surface area contributed by atoms with Crippen LogP contribution in [0, 0.1) is 11.8 Å². The van der Waals surface area contributed by atoms with Gasteiger partial charge in [-0.3, -0.25) is 4.79 Å². The van der Waals surface area contributed by atoms with E-state index in [1.807, 2.05) is 11.9 Å². The lowest BCUT2D eigenvalue weighted by molar-refractivity contribution is 0.0994. The number of aromatic nitrogens is 3. The lowest BCUT2D eigenvalue weighted by Gasteiger charge is -2.19. The molecule has 3 heterocycles. The van der Waals surface area contributed by atoms with Crippen LogP contribution in [0.5, 0.6) is 0 Å². The molecule has 2 aromatic rings. The monoisotopic (exact) mass is 363 g/mol. The molecule has 1 saturated heterocycles. The number of carbonyl (C=O) groups is 1. The van der Waals surface area contributed by atoms with Crippen molar-refractivity contribution < 1.29 is 9.90 Å². The van der Waals surface area contributed by atoms with Crippen molar-refractivity contribution in [3.05, 3.63) is 53.1 Å². The second-order valence-electron chi connectivity index (χ2n) is 7.03. The van der Waals surface area contributed by atoms with Gasteiger partial charge < -0.3 is 15.7 Å². The molecule has 138 valence electrons. The van der Waals surface area contributed by atoms with E-state index in [-0.39, 0.29) is 0 Å². The quantitative estimate of drug-likeness (QED) is 0.769. The van der Waals surface area contributed by atoms with E-state index in [1.54, 1.807) is 23.0 Å². The molecule has 0 saturated carbocycles. The van der Waals surface area contributed by atoms with Crippen molar-refractivity contribution in [1.29, 1.82) is 0 Å². The lowest BCUT2D eigenvalue weighted by atomic mass is 10.0. The maximum atomic E-state index is 11.7. The zero-order valence-electron chi connectivity index (χ0n) is 15.2. The minimum Gasteiger partial charge on any atom is -0.375 e. The lowest BCUT2D eigenvalue weighted by Crippen LogP contribution is -2.26. The predicted octanol–water partition coefficient (Wildman–Crippen LogP) is 0.787. The van der Waals surface area contributed by atoms with Crippen LogP contribution in [0.1, 0.15) is 40.2 Å². The maximum absolute atomic E-state index is 11.7. The van der Waals surface area contributed by atoms with Crippen molar-refractivity contribution in [3.8, 4) is 17.7 Å². The molecule has 4 rings (SSSR count). The van der Waals surface area contributed by atoms with E-state index < -0.39 is 11.5 Å². The van der Waals surface area contributed by atoms with Crippen molar-refractivity contribution in [1.82, 2.24) is 19.7 Å². The van der Waals surface area contributed by atoms with Crippen molar-refractivity contribution in [2.24, 2.45) is 5.73 Å². The largest absolute Gasteiger partial charge is 0.375 e. The van der Waals surface area contributed by atoms with Crippen LogP contribution in [-0.4, -0.2) is 49.9 Å². The third-order valence-corrected chi connectivity index (χ3v) is 5.29. The molecule has 0 bridgehead atoms. The summed E-state index contributed by atoms with van der Waals surface area (Å²) in [6, 6.07) is 3.58. The first-order chi connectivity index (χ1) is 12.9. The highest BCUT2D eigenvalue weighted by molar-refractivity contribution is 5.92. The molecule has 1 fully saturated rings. The summed E-state index contributed by atoms with van der Waals surface area (Å²) in [5.74, 6) is 6.03. The number of amides is 1. The van der Waals surface area contributed by atoms with Gasteiger partial charge in [0.05, 0.1) is 11.4 Å². The standard InChI is InChI=1S/C20H21N5O2/c1-13-20(27,9-11-24(13)2)8-6-14-7-10-22-17(12-14)25-16-5-3-4-15(16)18(23-25)19(21)26/h7,10,12,27H,1,3-5,9,11H2,2H3,(H2,21,26)/t20-/m0/s1. The number of likely N-dealkylation sites (N-methyl/N-ethyl adjacent to an activating group) is 1. The number of hydrogen-bond donors (Lipinski definition) is 2. The van der Waals surface area contributed by atoms with Gasteiger partial charge in [-0.25, -0.2) is 9.67 Å². The van der Waals surface area contributed by atoms with Gasteiger partial charge in [0.2, 0.25) is 0 Å². The highest BCUT2D eigenvalue weighted by Crippen LogP contribution is 2.29. The van der Waals surface area contributed by atoms with Gasteiger partial charge in [-0.2, -0.15) is 5.10 Å². The minimum absolute atomic E-state index is 0.320. The highest BCUT2D eigenvalue weighted by Gasteiger charge is 2.36. The highest BCUT2D eigenvalue weighted by atomic mass is 16.3. The molecule has 3 N–H and O–H groups in total. The van der Waals surface area contributed by atoms with E-state index in [0.717, 1.165) is 37.1 Å². The Hall–Kier alpha value is -3.11. The molecular formula is C20H21N5O2. The molecule has 0 radical (unpaired) electrons. The topological polar surface area (TPSA) is 97.3 Å². The SMILES string of the molecule is C=C1N(C)CC[C@@]1(O)C#Cc1ccnc(-n2nc(C(N)=O)c3c2CCC3)c1. The van der Waals surface area contributed by atoms with Crippen molar-refractivity contribution in [2.75, 3.05) is 13.6 Å². The Balaban J connectivity index is 1.70. The molecule has 27 heavy (non-hydrogen) atoms. The Morgan fingerprint density at radius 1 is 1.44 bits per heavy atom. The smallest absolute Gasteiger partial charge is 0.269 e. The van der Waals surface area contributed by atoms with E-state index in [2.05, 4.69) is 28.5 Å². The van der Waals surface area contributed by atoms with Crippen LogP contribution < -0.4 is 5.73 Å². The predicted molar refractivity (Wildman–Crippen MR) is 100 cm³/mol. The summed E-state index contributed by atoms with van der Waals surface area (Å²) in [7, 11) is 1.89. The number of carbonyl (C=O) groups excluding carboxylic acids is 1. The first-order valence-electron chi connectivity index (χ1n) is 8.92. The van der Waals surface area contributed by atoms with Gasteiger partial charge in [0, 0.05) is 37.3 Å². The molecule has 0 unspecified atom stereocenters. The number of hydrogen-bond acceptors (Lipinski definition) is 5. The Bertz CT molecular complexity index is 1010. The van der Waals surface area contributed by atoms with Crippen LogP contribution in [0.3, 0.4) is 0 Å². The van der Waals surface area contributed by atoms with E-state index in [4.69, 9.17) is 5.73 Å². The second-order valence-corrected chi connectivity index (χ2v) is 7.03. The summed E-state index contributed by atoms with van der Waals surface area (Å²) in [6.07, 6.45) is 4.78. The number of nitrogens with zero attached hydrogens (tertiary/aromatic N) is 4. The van der Waals surface area contributed by atoms with Crippen molar-refractivity contribution in [3.63, 3.8) is 0 Å². The molecule has 0 spiro atoms. The Morgan fingerprint density at radius 2 is 2.26 bits per heavy atom. The summed E-state index contributed by atoms with van der Waals surface area (Å²) in [5, 5.41) is 15.0. The van der Waals surface area contributed by atoms with Gasteiger partial charge in [0.15, 0.2) is 17.1 Å². The molecule has 2 aromatic heterocycles. The summed E-state index contributed by atoms with van der Waals surface area (Å²) in [6.45, 7) is 4.65. The van der Waals surface area contributed by atoms with Crippen molar-refractivity contribution >= 4 is 5.91 Å². The molecule has 1 atom stereocenters. The van der Waals surface area contributed by atoms with Gasteiger partial charge in [0.1, 0.15) is 0 Å². The molecule has 1 aliphatic carbocycles. The molecule has 0 aromatic carbocycles. The third kappa shape index (κ3) is 2.88. The molecule has 2 aliphatic rings. The van der Waals surface area contributed by atoms with Crippen LogP contribution in [0.4, 0.5) is 0 Å². The summed E-state index contributed by atoms with van der Waals surface area (Å²) >= 11 is 0. The normalized spacial score (nSPS) is 21.1. The third-order valence-electron chi connectivity index (χ3n) is 5.29. The fraction of sp³-hybridized carbons (Fsp3) is 0.350. The van der Waals surface area contributed by atoms with E-state index in [0.29, 0.717) is 29.2 Å². The number of rotatable bonds is 2. The summed E-state index contributed by atoms with van der Waals surface area (Å²) < 4.78 is 1.69. The fourth-order valence-corrected chi connectivity index (χ4v) is 3.67. The molecule has 1 amide bonds. The van der Waals surface area contributed by atoms with Crippen LogP contribution in [0.15, 0.2) is 30.6 Å². The first-order valence-corrected chi connectivity index (χ1v) is 8.92. The number of primary amides is 1. The fourth-order valence-electron chi connectivity index (χ4n) is 3.67. The van der Waals surface area contributed by atoms with Gasteiger partial charge in [-0.1, -0.05) is 18.4 Å². The van der Waals surface area contributed by atoms with E-state index in [9.17, 15) is 9.90 Å². The molecular weight excluding hydrogens is 342 g/mol. The molecule has 1 aliphatic heterocycles. The first kappa shape index (κ1) is 17.3. The van der Waals surface area contributed by atoms with Crippen molar-refractivity contribution in [2.45, 2.75) is 31.3 Å². The van der Waals surface area contributed by atoms with Gasteiger partial charge >= 0.3 is 0 Å². The maximum Gasteiger partial charge on any atom is 0.269 e. The van der Waals surface area contributed by atoms with Crippen LogP contribution in [0.25, 0.3) is 5.82 Å². The Morgan fingerprint density at radius 3 is 2.96 bits per heavy atom. The second kappa shape index (κ2) is 6.25. The van der Waals surface area contributed by atoms with Crippen LogP contribution >= 0.6 is 0 Å². The number of fused-ring (bicyclic) bond motifs is 1.